The predicted molar refractivity (Wildman–Crippen MR) is 89.1 cm³/mol. The van der Waals surface area contributed by atoms with Crippen LogP contribution in [0, 0.1) is 5.82 Å². The van der Waals surface area contributed by atoms with Crippen molar-refractivity contribution in [3.63, 3.8) is 0 Å². The lowest BCUT2D eigenvalue weighted by Crippen LogP contribution is -2.42. The van der Waals surface area contributed by atoms with E-state index in [1.165, 1.54) is 12.1 Å². The summed E-state index contributed by atoms with van der Waals surface area (Å²) in [6.07, 6.45) is 1.59. The quantitative estimate of drug-likeness (QED) is 0.756. The van der Waals surface area contributed by atoms with Crippen molar-refractivity contribution in [2.24, 2.45) is 0 Å². The van der Waals surface area contributed by atoms with Crippen LogP contribution in [0.15, 0.2) is 56.7 Å². The summed E-state index contributed by atoms with van der Waals surface area (Å²) in [4.78, 5) is 28.7. The molecule has 0 unspecified atom stereocenters. The van der Waals surface area contributed by atoms with Crippen LogP contribution in [0.25, 0.3) is 5.69 Å². The van der Waals surface area contributed by atoms with Crippen LogP contribution in [0.4, 0.5) is 10.2 Å². The van der Waals surface area contributed by atoms with Crippen LogP contribution in [-0.2, 0) is 13.1 Å². The van der Waals surface area contributed by atoms with E-state index in [4.69, 9.17) is 4.42 Å². The molecule has 0 atom stereocenters. The first-order valence-corrected chi connectivity index (χ1v) is 7.75. The van der Waals surface area contributed by atoms with E-state index in [-0.39, 0.29) is 5.69 Å². The number of rotatable bonds is 3. The van der Waals surface area contributed by atoms with E-state index in [0.29, 0.717) is 31.1 Å². The number of hydrogen-bond donors (Lipinski definition) is 2. The maximum Gasteiger partial charge on any atom is 0.334 e. The number of halogens is 1. The number of aromatic nitrogens is 2. The van der Waals surface area contributed by atoms with Crippen LogP contribution in [0.3, 0.4) is 0 Å². The highest BCUT2D eigenvalue weighted by Gasteiger charge is 2.24. The predicted octanol–water partition coefficient (Wildman–Crippen LogP) is 1.64. The Hall–Kier alpha value is -3.13. The van der Waals surface area contributed by atoms with Gasteiger partial charge in [-0.1, -0.05) is 12.1 Å². The van der Waals surface area contributed by atoms with E-state index in [0.717, 1.165) is 10.3 Å². The van der Waals surface area contributed by atoms with Crippen molar-refractivity contribution in [3.05, 3.63) is 80.6 Å². The molecule has 1 aliphatic rings. The van der Waals surface area contributed by atoms with Crippen LogP contribution in [-0.4, -0.2) is 21.1 Å². The molecule has 0 saturated heterocycles. The monoisotopic (exact) mass is 342 g/mol. The number of anilines is 1. The van der Waals surface area contributed by atoms with E-state index in [9.17, 15) is 14.0 Å². The number of furan rings is 1. The van der Waals surface area contributed by atoms with Gasteiger partial charge in [-0.05, 0) is 24.3 Å². The minimum atomic E-state index is -0.680. The Labute approximate surface area is 141 Å². The Morgan fingerprint density at radius 1 is 1.16 bits per heavy atom. The average Bonchev–Trinajstić information content (AvgIpc) is 3.10. The molecule has 0 saturated carbocycles. The summed E-state index contributed by atoms with van der Waals surface area (Å²) in [5.74, 6) is 0.539. The molecule has 0 fully saturated rings. The lowest BCUT2D eigenvalue weighted by atomic mass is 10.2. The Balaban J connectivity index is 1.77. The topological polar surface area (TPSA) is 83.3 Å². The van der Waals surface area contributed by atoms with Crippen LogP contribution < -0.4 is 16.6 Å². The van der Waals surface area contributed by atoms with Gasteiger partial charge in [0.05, 0.1) is 30.7 Å². The van der Waals surface area contributed by atoms with E-state index in [2.05, 4.69) is 10.3 Å². The van der Waals surface area contributed by atoms with Gasteiger partial charge in [-0.25, -0.2) is 13.8 Å². The third kappa shape index (κ3) is 2.76. The molecule has 1 aromatic carbocycles. The Morgan fingerprint density at radius 3 is 2.76 bits per heavy atom. The minimum Gasteiger partial charge on any atom is -0.468 e. The molecule has 0 bridgehead atoms. The summed E-state index contributed by atoms with van der Waals surface area (Å²) in [5, 5.41) is 3.06. The number of nitrogens with one attached hydrogen (secondary N) is 2. The lowest BCUT2D eigenvalue weighted by molar-refractivity contribution is 0.241. The van der Waals surface area contributed by atoms with Gasteiger partial charge >= 0.3 is 5.69 Å². The van der Waals surface area contributed by atoms with Crippen LogP contribution in [0.5, 0.6) is 0 Å². The Morgan fingerprint density at radius 2 is 2.00 bits per heavy atom. The molecule has 128 valence electrons. The van der Waals surface area contributed by atoms with Crippen molar-refractivity contribution in [2.75, 3.05) is 12.0 Å². The summed E-state index contributed by atoms with van der Waals surface area (Å²) < 4.78 is 20.6. The number of fused-ring (bicyclic) bond motifs is 1. The van der Waals surface area contributed by atoms with Crippen LogP contribution >= 0.6 is 0 Å². The molecule has 0 spiro atoms. The molecule has 7 nitrogen and oxygen atoms in total. The van der Waals surface area contributed by atoms with Crippen molar-refractivity contribution in [1.82, 2.24) is 14.5 Å². The second kappa shape index (κ2) is 6.06. The van der Waals surface area contributed by atoms with E-state index >= 15 is 0 Å². The first kappa shape index (κ1) is 15.4. The first-order valence-electron chi connectivity index (χ1n) is 7.75. The zero-order valence-electron chi connectivity index (χ0n) is 13.2. The van der Waals surface area contributed by atoms with Gasteiger partial charge < -0.3 is 9.73 Å². The summed E-state index contributed by atoms with van der Waals surface area (Å²) in [6, 6.07) is 9.58. The molecular weight excluding hydrogens is 327 g/mol. The lowest BCUT2D eigenvalue weighted by Gasteiger charge is -2.30. The highest BCUT2D eigenvalue weighted by Crippen LogP contribution is 2.23. The molecule has 0 amide bonds. The van der Waals surface area contributed by atoms with E-state index in [1.54, 1.807) is 24.5 Å². The van der Waals surface area contributed by atoms with Gasteiger partial charge in [0.15, 0.2) is 0 Å². The molecule has 4 rings (SSSR count). The van der Waals surface area contributed by atoms with Gasteiger partial charge in [0.25, 0.3) is 5.56 Å². The van der Waals surface area contributed by atoms with Crippen molar-refractivity contribution in [2.45, 2.75) is 13.1 Å². The van der Waals surface area contributed by atoms with Gasteiger partial charge in [-0.2, -0.15) is 0 Å². The van der Waals surface area contributed by atoms with Crippen LogP contribution in [0.1, 0.15) is 11.3 Å². The highest BCUT2D eigenvalue weighted by molar-refractivity contribution is 5.52. The average molecular weight is 342 g/mol. The molecule has 25 heavy (non-hydrogen) atoms. The summed E-state index contributed by atoms with van der Waals surface area (Å²) >= 11 is 0. The molecule has 0 radical (unpaired) electrons. The zero-order valence-corrected chi connectivity index (χ0v) is 13.2. The van der Waals surface area contributed by atoms with Crippen LogP contribution in [0.2, 0.25) is 0 Å². The van der Waals surface area contributed by atoms with Crippen molar-refractivity contribution in [1.29, 1.82) is 0 Å². The fourth-order valence-corrected chi connectivity index (χ4v) is 2.97. The number of aromatic amines is 1. The molecule has 1 aliphatic heterocycles. The van der Waals surface area contributed by atoms with Gasteiger partial charge in [-0.15, -0.1) is 0 Å². The largest absolute Gasteiger partial charge is 0.468 e. The smallest absolute Gasteiger partial charge is 0.334 e. The van der Waals surface area contributed by atoms with Gasteiger partial charge in [0.1, 0.15) is 17.4 Å². The van der Waals surface area contributed by atoms with Crippen molar-refractivity contribution < 1.29 is 8.81 Å². The fourth-order valence-electron chi connectivity index (χ4n) is 2.97. The second-order valence-electron chi connectivity index (χ2n) is 5.77. The maximum absolute atomic E-state index is 14.2. The molecule has 2 aromatic heterocycles. The van der Waals surface area contributed by atoms with E-state index in [1.807, 2.05) is 11.0 Å². The molecule has 0 aliphatic carbocycles. The highest BCUT2D eigenvalue weighted by atomic mass is 19.1. The van der Waals surface area contributed by atoms with Crippen molar-refractivity contribution >= 4 is 5.82 Å². The van der Waals surface area contributed by atoms with Gasteiger partial charge in [0, 0.05) is 6.54 Å². The van der Waals surface area contributed by atoms with Crippen molar-refractivity contribution in [3.8, 4) is 5.69 Å². The van der Waals surface area contributed by atoms with E-state index < -0.39 is 17.1 Å². The number of H-pyrrole nitrogens is 1. The summed E-state index contributed by atoms with van der Waals surface area (Å²) in [5.41, 5.74) is -0.697. The Kier molecular flexibility index (Phi) is 3.73. The molecular formula is C17H15FN4O3. The number of para-hydroxylation sites is 1. The number of nitrogens with zero attached hydrogens (tertiary/aromatic N) is 2. The Bertz CT molecular complexity index is 1020. The SMILES string of the molecule is O=c1[nH]c(=O)n(-c2ccccc2F)c2c1CN(Cc1ccco1)CN2. The summed E-state index contributed by atoms with van der Waals surface area (Å²) in [6.45, 7) is 1.22. The first-order chi connectivity index (χ1) is 12.1. The minimum absolute atomic E-state index is 0.0898. The molecule has 2 N–H and O–H groups in total. The standard InChI is InChI=1S/C17H15FN4O3/c18-13-5-1-2-6-14(13)22-15-12(16(23)20-17(22)24)9-21(10-19-15)8-11-4-3-7-25-11/h1-7,19H,8-10H2,(H,20,23,24). The third-order valence-electron chi connectivity index (χ3n) is 4.11. The fraction of sp³-hybridized carbons (Fsp3) is 0.176. The van der Waals surface area contributed by atoms with Gasteiger partial charge in [0.2, 0.25) is 0 Å². The second-order valence-corrected chi connectivity index (χ2v) is 5.77. The maximum atomic E-state index is 14.2. The zero-order chi connectivity index (χ0) is 17.4. The number of benzene rings is 1. The van der Waals surface area contributed by atoms with Gasteiger partial charge in [-0.3, -0.25) is 14.7 Å². The normalized spacial score (nSPS) is 14.1. The molecule has 3 heterocycles. The molecule has 8 heteroatoms. The summed E-state index contributed by atoms with van der Waals surface area (Å²) in [7, 11) is 0. The number of hydrogen-bond acceptors (Lipinski definition) is 5. The third-order valence-corrected chi connectivity index (χ3v) is 4.11. The molecule has 3 aromatic rings.